The van der Waals surface area contributed by atoms with E-state index in [0.29, 0.717) is 5.92 Å². The van der Waals surface area contributed by atoms with Crippen LogP contribution in [0.3, 0.4) is 0 Å². The summed E-state index contributed by atoms with van der Waals surface area (Å²) in [5.74, 6) is 3.12. The molecule has 0 aliphatic carbocycles. The molecule has 1 aromatic rings. The van der Waals surface area contributed by atoms with Crippen molar-refractivity contribution in [2.24, 2.45) is 22.7 Å². The van der Waals surface area contributed by atoms with E-state index >= 15 is 0 Å². The molecule has 0 radical (unpaired) electrons. The first-order chi connectivity index (χ1) is 15.6. The molecule has 2 unspecified atom stereocenters. The number of nitrogens with one attached hydrogen (secondary N) is 2. The lowest BCUT2D eigenvalue weighted by molar-refractivity contribution is 0.0203. The van der Waals surface area contributed by atoms with Gasteiger partial charge in [0, 0.05) is 66.2 Å². The summed E-state index contributed by atoms with van der Waals surface area (Å²) in [6, 6.07) is 9.01. The lowest BCUT2D eigenvalue weighted by Crippen LogP contribution is -2.38. The van der Waals surface area contributed by atoms with Crippen LogP contribution in [0.25, 0.3) is 0 Å². The van der Waals surface area contributed by atoms with E-state index in [4.69, 9.17) is 9.47 Å². The van der Waals surface area contributed by atoms with E-state index < -0.39 is 0 Å². The van der Waals surface area contributed by atoms with Crippen molar-refractivity contribution in [1.82, 2.24) is 15.5 Å². The Labute approximate surface area is 195 Å². The molecular weight excluding hydrogens is 400 g/mol. The van der Waals surface area contributed by atoms with Gasteiger partial charge in [-0.3, -0.25) is 9.89 Å². The van der Waals surface area contributed by atoms with Crippen molar-refractivity contribution in [2.75, 3.05) is 53.1 Å². The Morgan fingerprint density at radius 2 is 1.75 bits per heavy atom. The van der Waals surface area contributed by atoms with Gasteiger partial charge in [-0.15, -0.1) is 0 Å². The summed E-state index contributed by atoms with van der Waals surface area (Å²) in [5, 5.41) is 6.80. The van der Waals surface area contributed by atoms with Gasteiger partial charge in [-0.1, -0.05) is 38.1 Å². The molecule has 0 spiro atoms. The third-order valence-corrected chi connectivity index (χ3v) is 6.51. The first kappa shape index (κ1) is 25.0. The van der Waals surface area contributed by atoms with Crippen molar-refractivity contribution in [3.05, 3.63) is 35.4 Å². The molecule has 6 heteroatoms. The van der Waals surface area contributed by atoms with Gasteiger partial charge < -0.3 is 20.1 Å². The molecule has 32 heavy (non-hydrogen) atoms. The van der Waals surface area contributed by atoms with Gasteiger partial charge in [0.1, 0.15) is 0 Å². The molecule has 1 aromatic carbocycles. The second kappa shape index (κ2) is 13.8. The molecule has 2 N–H and O–H groups in total. The average molecular weight is 445 g/mol. The van der Waals surface area contributed by atoms with E-state index in [2.05, 4.69) is 58.6 Å². The maximum atomic E-state index is 5.84. The maximum Gasteiger partial charge on any atom is 0.191 e. The largest absolute Gasteiger partial charge is 0.381 e. The molecule has 2 fully saturated rings. The van der Waals surface area contributed by atoms with E-state index in [9.17, 15) is 0 Å². The van der Waals surface area contributed by atoms with Gasteiger partial charge >= 0.3 is 0 Å². The fraction of sp³-hybridized carbons (Fsp3) is 0.731. The normalized spacial score (nSPS) is 23.3. The summed E-state index contributed by atoms with van der Waals surface area (Å²) in [4.78, 5) is 6.94. The van der Waals surface area contributed by atoms with Crippen LogP contribution in [0.5, 0.6) is 0 Å². The second-order valence-electron chi connectivity index (χ2n) is 9.79. The first-order valence-corrected chi connectivity index (χ1v) is 12.5. The highest BCUT2D eigenvalue weighted by molar-refractivity contribution is 5.79. The van der Waals surface area contributed by atoms with Gasteiger partial charge in [-0.05, 0) is 54.6 Å². The summed E-state index contributed by atoms with van der Waals surface area (Å²) >= 11 is 0. The highest BCUT2D eigenvalue weighted by atomic mass is 16.5. The maximum absolute atomic E-state index is 5.84. The first-order valence-electron chi connectivity index (χ1n) is 12.5. The minimum Gasteiger partial charge on any atom is -0.381 e. The van der Waals surface area contributed by atoms with Crippen molar-refractivity contribution in [2.45, 2.75) is 52.6 Å². The minimum absolute atomic E-state index is 0.671. The van der Waals surface area contributed by atoms with E-state index in [1.807, 2.05) is 7.05 Å². The Kier molecular flexibility index (Phi) is 10.8. The third kappa shape index (κ3) is 9.08. The number of hydrogen-bond acceptors (Lipinski definition) is 4. The molecule has 0 bridgehead atoms. The smallest absolute Gasteiger partial charge is 0.191 e. The number of piperidine rings is 1. The van der Waals surface area contributed by atoms with Gasteiger partial charge in [0.25, 0.3) is 0 Å². The molecule has 6 nitrogen and oxygen atoms in total. The van der Waals surface area contributed by atoms with Gasteiger partial charge in [0.15, 0.2) is 5.96 Å². The number of nitrogens with zero attached hydrogens (tertiary/aromatic N) is 2. The van der Waals surface area contributed by atoms with Gasteiger partial charge in [0.05, 0.1) is 0 Å². The van der Waals surface area contributed by atoms with Crippen molar-refractivity contribution in [1.29, 1.82) is 0 Å². The van der Waals surface area contributed by atoms with Crippen LogP contribution in [0.1, 0.15) is 50.7 Å². The Bertz CT molecular complexity index is 663. The van der Waals surface area contributed by atoms with Crippen LogP contribution in [0.2, 0.25) is 0 Å². The lowest BCUT2D eigenvalue weighted by Gasteiger charge is -2.35. The van der Waals surface area contributed by atoms with Gasteiger partial charge in [-0.2, -0.15) is 0 Å². The van der Waals surface area contributed by atoms with Gasteiger partial charge in [-0.25, -0.2) is 0 Å². The van der Waals surface area contributed by atoms with E-state index in [1.165, 1.54) is 30.6 Å². The van der Waals surface area contributed by atoms with Crippen LogP contribution in [-0.4, -0.2) is 64.0 Å². The summed E-state index contributed by atoms with van der Waals surface area (Å²) in [5.41, 5.74) is 2.68. The fourth-order valence-electron chi connectivity index (χ4n) is 4.89. The predicted octanol–water partition coefficient (Wildman–Crippen LogP) is 3.66. The number of guanidine groups is 1. The van der Waals surface area contributed by atoms with Crippen LogP contribution >= 0.6 is 0 Å². The van der Waals surface area contributed by atoms with Crippen LogP contribution in [-0.2, 0) is 22.6 Å². The zero-order chi connectivity index (χ0) is 22.6. The predicted molar refractivity (Wildman–Crippen MR) is 132 cm³/mol. The number of rotatable bonds is 10. The zero-order valence-electron chi connectivity index (χ0n) is 20.4. The van der Waals surface area contributed by atoms with Crippen molar-refractivity contribution in [3.8, 4) is 0 Å². The Balaban J connectivity index is 1.28. The molecule has 2 atom stereocenters. The highest BCUT2D eigenvalue weighted by Crippen LogP contribution is 2.22. The molecule has 2 saturated heterocycles. The standard InChI is InChI=1S/C26H44N4O2/c1-21-15-22(2)18-30(17-21)19-24-7-5-23(6-8-24)16-29-26(27-3)28-11-4-12-32-20-25-9-13-31-14-10-25/h5-8,21-22,25H,4,9-20H2,1-3H3,(H2,27,28,29). The lowest BCUT2D eigenvalue weighted by atomic mass is 9.91. The molecule has 2 aliphatic heterocycles. The van der Waals surface area contributed by atoms with Crippen molar-refractivity contribution >= 4 is 5.96 Å². The number of ether oxygens (including phenoxy) is 2. The topological polar surface area (TPSA) is 58.1 Å². The summed E-state index contributed by atoms with van der Waals surface area (Å²) in [7, 11) is 1.82. The molecule has 0 saturated carbocycles. The SMILES string of the molecule is CN=C(NCCCOCC1CCOCC1)NCc1ccc(CN2CC(C)CC(C)C2)cc1. The molecule has 180 valence electrons. The summed E-state index contributed by atoms with van der Waals surface area (Å²) < 4.78 is 11.2. The third-order valence-electron chi connectivity index (χ3n) is 6.51. The Morgan fingerprint density at radius 1 is 1.06 bits per heavy atom. The number of benzene rings is 1. The zero-order valence-corrected chi connectivity index (χ0v) is 20.4. The van der Waals surface area contributed by atoms with Crippen LogP contribution in [0.15, 0.2) is 29.3 Å². The fourth-order valence-corrected chi connectivity index (χ4v) is 4.89. The second-order valence-corrected chi connectivity index (χ2v) is 9.79. The molecule has 0 amide bonds. The van der Waals surface area contributed by atoms with E-state index in [-0.39, 0.29) is 0 Å². The molecule has 2 heterocycles. The molecular formula is C26H44N4O2. The van der Waals surface area contributed by atoms with Crippen LogP contribution in [0, 0.1) is 17.8 Å². The van der Waals surface area contributed by atoms with Crippen molar-refractivity contribution < 1.29 is 9.47 Å². The average Bonchev–Trinajstić information content (AvgIpc) is 2.79. The van der Waals surface area contributed by atoms with Crippen LogP contribution < -0.4 is 10.6 Å². The van der Waals surface area contributed by atoms with Crippen LogP contribution in [0.4, 0.5) is 0 Å². The number of aliphatic imine (C=N–C) groups is 1. The number of hydrogen-bond donors (Lipinski definition) is 2. The Hall–Kier alpha value is -1.63. The molecule has 3 rings (SSSR count). The summed E-state index contributed by atoms with van der Waals surface area (Å²) in [6.07, 6.45) is 4.60. The van der Waals surface area contributed by atoms with Gasteiger partial charge in [0.2, 0.25) is 0 Å². The highest BCUT2D eigenvalue weighted by Gasteiger charge is 2.21. The Morgan fingerprint density at radius 3 is 2.44 bits per heavy atom. The molecule has 0 aromatic heterocycles. The van der Waals surface area contributed by atoms with Crippen molar-refractivity contribution in [3.63, 3.8) is 0 Å². The summed E-state index contributed by atoms with van der Waals surface area (Å²) in [6.45, 7) is 13.3. The minimum atomic E-state index is 0.671. The molecule has 2 aliphatic rings. The van der Waals surface area contributed by atoms with E-state index in [0.717, 1.165) is 83.1 Å². The monoisotopic (exact) mass is 444 g/mol. The number of likely N-dealkylation sites (tertiary alicyclic amines) is 1. The van der Waals surface area contributed by atoms with E-state index in [1.54, 1.807) is 0 Å². The quantitative estimate of drug-likeness (QED) is 0.328.